The molecule has 6 rings (SSSR count). The van der Waals surface area contributed by atoms with Gasteiger partial charge in [0.1, 0.15) is 0 Å². The van der Waals surface area contributed by atoms with Gasteiger partial charge in [-0.05, 0) is 38.1 Å². The summed E-state index contributed by atoms with van der Waals surface area (Å²) in [5.41, 5.74) is 2.37. The Bertz CT molecular complexity index is 1170. The molecule has 2 aromatic rings. The second-order valence-corrected chi connectivity index (χ2v) is 9.02. The van der Waals surface area contributed by atoms with Crippen molar-refractivity contribution in [2.75, 3.05) is 33.1 Å². The quantitative estimate of drug-likeness (QED) is 0.646. The summed E-state index contributed by atoms with van der Waals surface area (Å²) in [5.74, 6) is 3.02. The molecule has 1 atom stereocenters. The molecule has 4 aliphatic heterocycles. The first-order valence-electron chi connectivity index (χ1n) is 12.2. The van der Waals surface area contributed by atoms with Gasteiger partial charge in [0, 0.05) is 43.5 Å². The van der Waals surface area contributed by atoms with Crippen molar-refractivity contribution in [2.24, 2.45) is 5.10 Å². The zero-order valence-corrected chi connectivity index (χ0v) is 20.0. The summed E-state index contributed by atoms with van der Waals surface area (Å²) in [4.78, 5) is 14.1. The van der Waals surface area contributed by atoms with E-state index < -0.39 is 5.72 Å². The van der Waals surface area contributed by atoms with Gasteiger partial charge >= 0.3 is 6.09 Å². The summed E-state index contributed by atoms with van der Waals surface area (Å²) >= 11 is 0. The van der Waals surface area contributed by atoms with Crippen LogP contribution < -0.4 is 18.9 Å². The number of rotatable bonds is 4. The smallest absolute Gasteiger partial charge is 0.409 e. The summed E-state index contributed by atoms with van der Waals surface area (Å²) in [6.45, 7) is 6.00. The Hall–Kier alpha value is -3.62. The van der Waals surface area contributed by atoms with E-state index in [1.165, 1.54) is 0 Å². The van der Waals surface area contributed by atoms with Crippen LogP contribution in [-0.4, -0.2) is 60.5 Å². The molecule has 184 valence electrons. The average molecular weight is 480 g/mol. The second kappa shape index (κ2) is 8.55. The lowest BCUT2D eigenvalue weighted by Crippen LogP contribution is -2.59. The molecule has 0 unspecified atom stereocenters. The number of likely N-dealkylation sites (tertiary alicyclic amines) is 1. The molecule has 1 spiro atoms. The van der Waals surface area contributed by atoms with Gasteiger partial charge in [0.25, 0.3) is 0 Å². The largest absolute Gasteiger partial charge is 0.490 e. The predicted molar refractivity (Wildman–Crippen MR) is 127 cm³/mol. The summed E-state index contributed by atoms with van der Waals surface area (Å²) in [6.07, 6.45) is 1.67. The maximum absolute atomic E-state index is 12.3. The predicted octanol–water partition coefficient (Wildman–Crippen LogP) is 4.31. The first kappa shape index (κ1) is 21.9. The van der Waals surface area contributed by atoms with Crippen molar-refractivity contribution < 1.29 is 28.5 Å². The Morgan fingerprint density at radius 3 is 2.74 bits per heavy atom. The van der Waals surface area contributed by atoms with Crippen molar-refractivity contribution >= 4 is 11.8 Å². The lowest BCUT2D eigenvalue weighted by Gasteiger charge is -2.51. The Labute approximate surface area is 204 Å². The van der Waals surface area contributed by atoms with Crippen LogP contribution in [0.25, 0.3) is 0 Å². The Balaban J connectivity index is 1.37. The van der Waals surface area contributed by atoms with Crippen LogP contribution in [0.3, 0.4) is 0 Å². The fraction of sp³-hybridized carbons (Fsp3) is 0.462. The standard InChI is InChI=1S/C26H29N3O6/c1-3-31-22-7-5-6-18-20-15-19(17-8-9-21-23(14-17)34-16-33-21)27-29(20)26(35-24(18)22)10-12-28(13-11-26)25(30)32-4-2/h5-9,14,20H,3-4,10-13,15-16H2,1-2H3/t20-/m1/s1. The third kappa shape index (κ3) is 3.61. The van der Waals surface area contributed by atoms with E-state index in [-0.39, 0.29) is 18.9 Å². The number of nitrogens with zero attached hydrogens (tertiary/aromatic N) is 3. The summed E-state index contributed by atoms with van der Waals surface area (Å²) < 4.78 is 29.0. The third-order valence-electron chi connectivity index (χ3n) is 7.06. The van der Waals surface area contributed by atoms with Crippen molar-refractivity contribution in [1.29, 1.82) is 0 Å². The molecule has 4 aliphatic rings. The third-order valence-corrected chi connectivity index (χ3v) is 7.06. The number of hydrogen-bond acceptors (Lipinski definition) is 8. The van der Waals surface area contributed by atoms with E-state index >= 15 is 0 Å². The van der Waals surface area contributed by atoms with Crippen LogP contribution >= 0.6 is 0 Å². The lowest BCUT2D eigenvalue weighted by molar-refractivity contribution is -0.148. The van der Waals surface area contributed by atoms with E-state index in [1.807, 2.05) is 44.2 Å². The van der Waals surface area contributed by atoms with Crippen molar-refractivity contribution in [3.63, 3.8) is 0 Å². The maximum Gasteiger partial charge on any atom is 0.409 e. The minimum atomic E-state index is -0.675. The van der Waals surface area contributed by atoms with Crippen LogP contribution in [0.5, 0.6) is 23.0 Å². The highest BCUT2D eigenvalue weighted by molar-refractivity contribution is 6.02. The molecule has 0 radical (unpaired) electrons. The number of fused-ring (bicyclic) bond motifs is 5. The monoisotopic (exact) mass is 479 g/mol. The minimum Gasteiger partial charge on any atom is -0.490 e. The maximum atomic E-state index is 12.3. The Morgan fingerprint density at radius 1 is 1.11 bits per heavy atom. The SMILES string of the molecule is CCOC(=O)N1CCC2(CC1)Oc1c(OCC)cccc1[C@H]1CC(c3ccc4c(c3)OCO4)=NN12. The lowest BCUT2D eigenvalue weighted by atomic mass is 9.90. The normalized spacial score (nSPS) is 21.2. The van der Waals surface area contributed by atoms with Crippen LogP contribution in [-0.2, 0) is 4.74 Å². The van der Waals surface area contributed by atoms with Crippen LogP contribution in [0.1, 0.15) is 50.3 Å². The molecule has 0 aromatic heterocycles. The van der Waals surface area contributed by atoms with Gasteiger partial charge in [-0.2, -0.15) is 5.10 Å². The average Bonchev–Trinajstić information content (AvgIpc) is 3.53. The molecule has 1 amide bonds. The zero-order chi connectivity index (χ0) is 24.0. The number of para-hydroxylation sites is 1. The highest BCUT2D eigenvalue weighted by Gasteiger charge is 2.53. The van der Waals surface area contributed by atoms with Crippen LogP contribution in [0.2, 0.25) is 0 Å². The van der Waals surface area contributed by atoms with Gasteiger partial charge in [-0.1, -0.05) is 12.1 Å². The summed E-state index contributed by atoms with van der Waals surface area (Å²) in [7, 11) is 0. The Kier molecular flexibility index (Phi) is 5.35. The highest BCUT2D eigenvalue weighted by atomic mass is 16.7. The Morgan fingerprint density at radius 2 is 1.94 bits per heavy atom. The number of carbonyl (C=O) groups is 1. The van der Waals surface area contributed by atoms with Gasteiger partial charge in [-0.3, -0.25) is 0 Å². The van der Waals surface area contributed by atoms with E-state index in [9.17, 15) is 4.79 Å². The fourth-order valence-electron chi connectivity index (χ4n) is 5.37. The number of carbonyl (C=O) groups excluding carboxylic acids is 1. The first-order valence-corrected chi connectivity index (χ1v) is 12.2. The number of benzene rings is 2. The van der Waals surface area contributed by atoms with Gasteiger partial charge in [0.2, 0.25) is 12.5 Å². The van der Waals surface area contributed by atoms with Crippen LogP contribution in [0.15, 0.2) is 41.5 Å². The molecule has 35 heavy (non-hydrogen) atoms. The van der Waals surface area contributed by atoms with Crippen LogP contribution in [0, 0.1) is 0 Å². The molecular formula is C26H29N3O6. The van der Waals surface area contributed by atoms with Crippen molar-refractivity contribution in [3.05, 3.63) is 47.5 Å². The number of hydrazone groups is 1. The molecule has 2 aromatic carbocycles. The van der Waals surface area contributed by atoms with E-state index in [1.54, 1.807) is 4.90 Å². The molecule has 0 saturated carbocycles. The molecule has 4 heterocycles. The highest BCUT2D eigenvalue weighted by Crippen LogP contribution is 2.53. The van der Waals surface area contributed by atoms with Gasteiger partial charge in [-0.25, -0.2) is 9.80 Å². The number of hydrogen-bond donors (Lipinski definition) is 0. The van der Waals surface area contributed by atoms with Gasteiger partial charge < -0.3 is 28.6 Å². The van der Waals surface area contributed by atoms with E-state index in [2.05, 4.69) is 11.1 Å². The van der Waals surface area contributed by atoms with E-state index in [0.29, 0.717) is 39.1 Å². The number of ether oxygens (including phenoxy) is 5. The minimum absolute atomic E-state index is 0.00808. The van der Waals surface area contributed by atoms with Crippen molar-refractivity contribution in [3.8, 4) is 23.0 Å². The zero-order valence-electron chi connectivity index (χ0n) is 20.0. The summed E-state index contributed by atoms with van der Waals surface area (Å²) in [5, 5.41) is 7.24. The molecule has 1 saturated heterocycles. The van der Waals surface area contributed by atoms with Crippen molar-refractivity contribution in [2.45, 2.75) is 44.9 Å². The summed E-state index contributed by atoms with van der Waals surface area (Å²) in [6, 6.07) is 12.0. The first-order chi connectivity index (χ1) is 17.1. The molecule has 1 fully saturated rings. The second-order valence-electron chi connectivity index (χ2n) is 9.02. The van der Waals surface area contributed by atoms with E-state index in [4.69, 9.17) is 28.8 Å². The molecule has 9 heteroatoms. The van der Waals surface area contributed by atoms with Crippen molar-refractivity contribution in [1.82, 2.24) is 9.91 Å². The van der Waals surface area contributed by atoms with Crippen LogP contribution in [0.4, 0.5) is 4.79 Å². The molecule has 0 N–H and O–H groups in total. The van der Waals surface area contributed by atoms with Gasteiger partial charge in [0.05, 0.1) is 25.0 Å². The fourth-order valence-corrected chi connectivity index (χ4v) is 5.37. The molecule has 9 nitrogen and oxygen atoms in total. The number of piperidine rings is 1. The molecule has 0 aliphatic carbocycles. The van der Waals surface area contributed by atoms with Gasteiger partial charge in [-0.15, -0.1) is 0 Å². The topological polar surface area (TPSA) is 82.1 Å². The van der Waals surface area contributed by atoms with Gasteiger partial charge in [0.15, 0.2) is 23.0 Å². The molecular weight excluding hydrogens is 450 g/mol. The number of amides is 1. The molecule has 0 bridgehead atoms. The van der Waals surface area contributed by atoms with E-state index in [0.717, 1.165) is 46.3 Å².